The molecule has 0 saturated carbocycles. The number of hydrazone groups is 1. The third kappa shape index (κ3) is 3.57. The number of hydrogen-bond donors (Lipinski definition) is 1. The smallest absolute Gasteiger partial charge is 0.354 e. The number of nitrogens with zero attached hydrogens (tertiary/aromatic N) is 2. The molecule has 0 bridgehead atoms. The molecule has 18 heavy (non-hydrogen) atoms. The fraction of sp³-hybridized carbons (Fsp3) is 0.250. The van der Waals surface area contributed by atoms with Crippen molar-refractivity contribution < 1.29 is 9.53 Å². The summed E-state index contributed by atoms with van der Waals surface area (Å²) in [5.41, 5.74) is 4.27. The molecule has 1 rings (SSSR count). The Kier molecular flexibility index (Phi) is 5.33. The number of halogens is 1. The normalized spacial score (nSPS) is 10.7. The molecule has 1 aromatic rings. The fourth-order valence-corrected chi connectivity index (χ4v) is 1.66. The van der Waals surface area contributed by atoms with Crippen LogP contribution in [-0.4, -0.2) is 18.8 Å². The first kappa shape index (κ1) is 14.2. The van der Waals surface area contributed by atoms with E-state index in [0.29, 0.717) is 27.9 Å². The van der Waals surface area contributed by atoms with Gasteiger partial charge < -0.3 is 4.74 Å². The van der Waals surface area contributed by atoms with Gasteiger partial charge in [0.2, 0.25) is 0 Å². The van der Waals surface area contributed by atoms with Gasteiger partial charge in [0.05, 0.1) is 24.4 Å². The van der Waals surface area contributed by atoms with Gasteiger partial charge in [0.25, 0.3) is 0 Å². The Morgan fingerprint density at radius 1 is 1.61 bits per heavy atom. The number of methoxy groups -OCH3 is 1. The first-order valence-corrected chi connectivity index (χ1v) is 6.02. The summed E-state index contributed by atoms with van der Waals surface area (Å²) in [6, 6.07) is 7.06. The number of carbonyl (C=O) groups excluding carboxylic acids is 1. The molecule has 0 aliphatic rings. The van der Waals surface area contributed by atoms with Crippen molar-refractivity contribution in [3.8, 4) is 6.07 Å². The van der Waals surface area contributed by atoms with Gasteiger partial charge in [0.15, 0.2) is 0 Å². The Morgan fingerprint density at radius 3 is 2.83 bits per heavy atom. The van der Waals surface area contributed by atoms with Crippen LogP contribution >= 0.6 is 15.9 Å². The van der Waals surface area contributed by atoms with Crippen LogP contribution in [0.2, 0.25) is 0 Å². The number of benzene rings is 1. The van der Waals surface area contributed by atoms with Crippen LogP contribution in [0.15, 0.2) is 27.8 Å². The van der Waals surface area contributed by atoms with Gasteiger partial charge in [-0.2, -0.15) is 10.4 Å². The Bertz CT molecular complexity index is 521. The van der Waals surface area contributed by atoms with Gasteiger partial charge in [-0.25, -0.2) is 4.79 Å². The van der Waals surface area contributed by atoms with E-state index >= 15 is 0 Å². The van der Waals surface area contributed by atoms with Crippen LogP contribution in [0.4, 0.5) is 5.69 Å². The van der Waals surface area contributed by atoms with E-state index in [9.17, 15) is 4.79 Å². The maximum Gasteiger partial charge on any atom is 0.354 e. The van der Waals surface area contributed by atoms with Crippen LogP contribution in [0.1, 0.15) is 18.9 Å². The number of ether oxygens (including phenoxy) is 1. The molecule has 0 spiro atoms. The zero-order valence-corrected chi connectivity index (χ0v) is 11.6. The molecule has 0 fully saturated rings. The molecule has 0 radical (unpaired) electrons. The Labute approximate surface area is 114 Å². The summed E-state index contributed by atoms with van der Waals surface area (Å²) in [7, 11) is 1.31. The summed E-state index contributed by atoms with van der Waals surface area (Å²) >= 11 is 3.32. The minimum Gasteiger partial charge on any atom is -0.464 e. The predicted molar refractivity (Wildman–Crippen MR) is 72.2 cm³/mol. The molecule has 6 heteroatoms. The average molecular weight is 310 g/mol. The third-order valence-corrected chi connectivity index (χ3v) is 2.82. The van der Waals surface area contributed by atoms with E-state index in [4.69, 9.17) is 5.26 Å². The van der Waals surface area contributed by atoms with Crippen molar-refractivity contribution in [3.05, 3.63) is 28.2 Å². The van der Waals surface area contributed by atoms with E-state index in [0.717, 1.165) is 0 Å². The van der Waals surface area contributed by atoms with Crippen LogP contribution in [0.5, 0.6) is 0 Å². The molecular weight excluding hydrogens is 298 g/mol. The van der Waals surface area contributed by atoms with Gasteiger partial charge in [-0.15, -0.1) is 0 Å². The molecule has 1 aromatic carbocycles. The zero-order valence-electron chi connectivity index (χ0n) is 10.0. The van der Waals surface area contributed by atoms with Gasteiger partial charge in [0, 0.05) is 4.47 Å². The minimum atomic E-state index is -0.463. The van der Waals surface area contributed by atoms with Crippen LogP contribution in [-0.2, 0) is 9.53 Å². The molecule has 0 atom stereocenters. The quantitative estimate of drug-likeness (QED) is 0.527. The van der Waals surface area contributed by atoms with Crippen LogP contribution in [0.25, 0.3) is 0 Å². The van der Waals surface area contributed by atoms with Crippen molar-refractivity contribution in [2.45, 2.75) is 13.3 Å². The lowest BCUT2D eigenvalue weighted by atomic mass is 10.2. The minimum absolute atomic E-state index is 0.300. The first-order valence-electron chi connectivity index (χ1n) is 5.22. The lowest BCUT2D eigenvalue weighted by molar-refractivity contribution is -0.132. The number of nitriles is 1. The number of esters is 1. The van der Waals surface area contributed by atoms with E-state index < -0.39 is 5.97 Å². The highest BCUT2D eigenvalue weighted by Gasteiger charge is 2.09. The summed E-state index contributed by atoms with van der Waals surface area (Å²) in [6.07, 6.45) is 0.466. The Hall–Kier alpha value is -1.87. The maximum absolute atomic E-state index is 11.3. The number of anilines is 1. The van der Waals surface area contributed by atoms with Crippen LogP contribution < -0.4 is 5.43 Å². The molecule has 1 N–H and O–H groups in total. The summed E-state index contributed by atoms with van der Waals surface area (Å²) < 4.78 is 5.29. The number of rotatable bonds is 4. The van der Waals surface area contributed by atoms with Crippen molar-refractivity contribution in [3.63, 3.8) is 0 Å². The van der Waals surface area contributed by atoms with E-state index in [1.165, 1.54) is 7.11 Å². The van der Waals surface area contributed by atoms with Crippen molar-refractivity contribution in [2.75, 3.05) is 12.5 Å². The SMILES string of the molecule is CCC(=NNc1ccc(C#N)cc1Br)C(=O)OC. The Morgan fingerprint density at radius 2 is 2.33 bits per heavy atom. The zero-order chi connectivity index (χ0) is 13.5. The number of nitrogens with one attached hydrogen (secondary N) is 1. The van der Waals surface area contributed by atoms with Crippen molar-refractivity contribution in [1.29, 1.82) is 5.26 Å². The summed E-state index contributed by atoms with van der Waals surface area (Å²) in [5.74, 6) is -0.463. The molecule has 94 valence electrons. The summed E-state index contributed by atoms with van der Waals surface area (Å²) in [5, 5.41) is 12.7. The molecule has 5 nitrogen and oxygen atoms in total. The molecule has 0 heterocycles. The molecule has 0 aromatic heterocycles. The second kappa shape index (κ2) is 6.77. The van der Waals surface area contributed by atoms with Gasteiger partial charge in [0.1, 0.15) is 5.71 Å². The Balaban J connectivity index is 2.88. The van der Waals surface area contributed by atoms with E-state index in [2.05, 4.69) is 31.2 Å². The molecule has 0 amide bonds. The van der Waals surface area contributed by atoms with E-state index in [1.54, 1.807) is 18.2 Å². The topological polar surface area (TPSA) is 74.5 Å². The monoisotopic (exact) mass is 309 g/mol. The lowest BCUT2D eigenvalue weighted by Gasteiger charge is -2.06. The van der Waals surface area contributed by atoms with Crippen molar-refractivity contribution in [1.82, 2.24) is 0 Å². The van der Waals surface area contributed by atoms with Gasteiger partial charge >= 0.3 is 5.97 Å². The summed E-state index contributed by atoms with van der Waals surface area (Å²) in [4.78, 5) is 11.3. The lowest BCUT2D eigenvalue weighted by Crippen LogP contribution is -2.16. The van der Waals surface area contributed by atoms with Gasteiger partial charge in [-0.3, -0.25) is 5.43 Å². The highest BCUT2D eigenvalue weighted by molar-refractivity contribution is 9.10. The summed E-state index contributed by atoms with van der Waals surface area (Å²) in [6.45, 7) is 1.81. The van der Waals surface area contributed by atoms with Gasteiger partial charge in [-0.05, 0) is 40.5 Å². The molecule has 0 saturated heterocycles. The second-order valence-corrected chi connectivity index (χ2v) is 4.18. The highest BCUT2D eigenvalue weighted by atomic mass is 79.9. The largest absolute Gasteiger partial charge is 0.464 e. The molecular formula is C12H12BrN3O2. The number of carbonyl (C=O) groups is 1. The second-order valence-electron chi connectivity index (χ2n) is 3.32. The third-order valence-electron chi connectivity index (χ3n) is 2.17. The predicted octanol–water partition coefficient (Wildman–Crippen LogP) is 2.67. The molecule has 0 aliphatic heterocycles. The maximum atomic E-state index is 11.3. The molecule has 0 aliphatic carbocycles. The van der Waals surface area contributed by atoms with Crippen molar-refractivity contribution in [2.24, 2.45) is 5.10 Å². The van der Waals surface area contributed by atoms with Crippen molar-refractivity contribution >= 4 is 33.3 Å². The average Bonchev–Trinajstić information content (AvgIpc) is 2.40. The molecule has 0 unspecified atom stereocenters. The van der Waals surface area contributed by atoms with E-state index in [1.807, 2.05) is 13.0 Å². The van der Waals surface area contributed by atoms with E-state index in [-0.39, 0.29) is 0 Å². The number of hydrogen-bond acceptors (Lipinski definition) is 5. The van der Waals surface area contributed by atoms with Crippen LogP contribution in [0.3, 0.4) is 0 Å². The first-order chi connectivity index (χ1) is 8.62. The highest BCUT2D eigenvalue weighted by Crippen LogP contribution is 2.23. The van der Waals surface area contributed by atoms with Crippen LogP contribution in [0, 0.1) is 11.3 Å². The van der Waals surface area contributed by atoms with Gasteiger partial charge in [-0.1, -0.05) is 6.92 Å². The fourth-order valence-electron chi connectivity index (χ4n) is 1.19. The standard InChI is InChI=1S/C12H12BrN3O2/c1-3-10(12(17)18-2)15-16-11-5-4-8(7-14)6-9(11)13/h4-6,16H,3H2,1-2H3.